The van der Waals surface area contributed by atoms with Gasteiger partial charge in [0.25, 0.3) is 6.01 Å². The molecule has 0 saturated carbocycles. The zero-order valence-electron chi connectivity index (χ0n) is 9.80. The van der Waals surface area contributed by atoms with Crippen LogP contribution in [-0.2, 0) is 0 Å². The van der Waals surface area contributed by atoms with Crippen LogP contribution in [0.4, 0.5) is 6.01 Å². The molecule has 4 nitrogen and oxygen atoms in total. The van der Waals surface area contributed by atoms with Gasteiger partial charge in [-0.2, -0.15) is 0 Å². The van der Waals surface area contributed by atoms with E-state index < -0.39 is 0 Å². The molecule has 2 atom stereocenters. The second-order valence-corrected chi connectivity index (χ2v) is 4.81. The number of aromatic nitrogens is 1. The number of likely N-dealkylation sites (N-methyl/N-ethyl adjacent to an activating group) is 1. The molecule has 88 valence electrons. The standard InChI is InChI=1S/C12H19N3O/c1-2-14-6-3-10-4-7-15(11(10)9-14)12-13-5-8-16-12/h5,8,10-11H,2-4,6-7,9H2,1H3. The van der Waals surface area contributed by atoms with Gasteiger partial charge in [-0.15, -0.1) is 0 Å². The lowest BCUT2D eigenvalue weighted by atomic mass is 9.92. The summed E-state index contributed by atoms with van der Waals surface area (Å²) in [6.07, 6.45) is 6.03. The lowest BCUT2D eigenvalue weighted by Crippen LogP contribution is -2.48. The number of likely N-dealkylation sites (tertiary alicyclic amines) is 1. The van der Waals surface area contributed by atoms with Gasteiger partial charge in [0.05, 0.1) is 6.20 Å². The Labute approximate surface area is 96.2 Å². The lowest BCUT2D eigenvalue weighted by molar-refractivity contribution is 0.180. The SMILES string of the molecule is CCN1CCC2CCN(c3ncco3)C2C1. The van der Waals surface area contributed by atoms with Crippen molar-refractivity contribution < 1.29 is 4.42 Å². The highest BCUT2D eigenvalue weighted by molar-refractivity contribution is 5.31. The predicted molar refractivity (Wildman–Crippen MR) is 62.5 cm³/mol. The molecule has 2 fully saturated rings. The monoisotopic (exact) mass is 221 g/mol. The van der Waals surface area contributed by atoms with Crippen LogP contribution in [0, 0.1) is 5.92 Å². The molecule has 0 aliphatic carbocycles. The third-order valence-electron chi connectivity index (χ3n) is 4.06. The largest absolute Gasteiger partial charge is 0.432 e. The molecule has 2 saturated heterocycles. The minimum Gasteiger partial charge on any atom is -0.432 e. The van der Waals surface area contributed by atoms with E-state index in [1.165, 1.54) is 25.9 Å². The Hall–Kier alpha value is -1.03. The Balaban J connectivity index is 1.77. The summed E-state index contributed by atoms with van der Waals surface area (Å²) in [5, 5.41) is 0. The number of oxazole rings is 1. The molecule has 3 rings (SSSR count). The molecule has 1 aromatic rings. The van der Waals surface area contributed by atoms with Gasteiger partial charge in [0.15, 0.2) is 0 Å². The van der Waals surface area contributed by atoms with Crippen molar-refractivity contribution in [3.63, 3.8) is 0 Å². The van der Waals surface area contributed by atoms with Gasteiger partial charge in [-0.05, 0) is 31.8 Å². The first-order valence-corrected chi connectivity index (χ1v) is 6.27. The van der Waals surface area contributed by atoms with Gasteiger partial charge in [-0.1, -0.05) is 6.92 Å². The number of rotatable bonds is 2. The molecule has 2 aliphatic heterocycles. The van der Waals surface area contributed by atoms with E-state index in [9.17, 15) is 0 Å². The molecule has 0 radical (unpaired) electrons. The molecule has 3 heterocycles. The van der Waals surface area contributed by atoms with Crippen molar-refractivity contribution in [2.45, 2.75) is 25.8 Å². The molecule has 0 N–H and O–H groups in total. The lowest BCUT2D eigenvalue weighted by Gasteiger charge is -2.37. The van der Waals surface area contributed by atoms with E-state index in [0.29, 0.717) is 6.04 Å². The quantitative estimate of drug-likeness (QED) is 0.759. The summed E-state index contributed by atoms with van der Waals surface area (Å²) in [5.41, 5.74) is 0. The van der Waals surface area contributed by atoms with Crippen molar-refractivity contribution in [1.29, 1.82) is 0 Å². The topological polar surface area (TPSA) is 32.5 Å². The van der Waals surface area contributed by atoms with Gasteiger partial charge in [0.1, 0.15) is 6.26 Å². The van der Waals surface area contributed by atoms with Gasteiger partial charge in [-0.3, -0.25) is 0 Å². The second-order valence-electron chi connectivity index (χ2n) is 4.81. The fourth-order valence-electron chi connectivity index (χ4n) is 3.09. The summed E-state index contributed by atoms with van der Waals surface area (Å²) in [6, 6.07) is 1.43. The molecule has 2 aliphatic rings. The molecule has 0 amide bonds. The zero-order valence-corrected chi connectivity index (χ0v) is 9.80. The van der Waals surface area contributed by atoms with E-state index in [-0.39, 0.29) is 0 Å². The van der Waals surface area contributed by atoms with Crippen LogP contribution in [0.15, 0.2) is 16.9 Å². The average Bonchev–Trinajstić information content (AvgIpc) is 2.96. The fourth-order valence-corrected chi connectivity index (χ4v) is 3.09. The van der Waals surface area contributed by atoms with E-state index >= 15 is 0 Å². The van der Waals surface area contributed by atoms with Crippen LogP contribution in [0.2, 0.25) is 0 Å². The molecule has 2 unspecified atom stereocenters. The van der Waals surface area contributed by atoms with Crippen molar-refractivity contribution in [3.05, 3.63) is 12.5 Å². The molecular formula is C12H19N3O. The second kappa shape index (κ2) is 4.09. The van der Waals surface area contributed by atoms with Crippen molar-refractivity contribution in [1.82, 2.24) is 9.88 Å². The Morgan fingerprint density at radius 2 is 2.31 bits per heavy atom. The van der Waals surface area contributed by atoms with Gasteiger partial charge in [0.2, 0.25) is 0 Å². The molecule has 1 aromatic heterocycles. The van der Waals surface area contributed by atoms with Crippen LogP contribution in [0.25, 0.3) is 0 Å². The smallest absolute Gasteiger partial charge is 0.297 e. The Morgan fingerprint density at radius 3 is 3.06 bits per heavy atom. The highest BCUT2D eigenvalue weighted by Crippen LogP contribution is 2.34. The van der Waals surface area contributed by atoms with E-state index in [4.69, 9.17) is 4.42 Å². The minimum absolute atomic E-state index is 0.618. The van der Waals surface area contributed by atoms with E-state index in [1.807, 2.05) is 0 Å². The van der Waals surface area contributed by atoms with E-state index in [0.717, 1.165) is 25.0 Å². The number of hydrogen-bond acceptors (Lipinski definition) is 4. The number of nitrogens with zero attached hydrogens (tertiary/aromatic N) is 3. The maximum Gasteiger partial charge on any atom is 0.297 e. The first kappa shape index (κ1) is 10.1. The van der Waals surface area contributed by atoms with Crippen molar-refractivity contribution in [3.8, 4) is 0 Å². The summed E-state index contributed by atoms with van der Waals surface area (Å²) in [6.45, 7) is 6.93. The molecule has 4 heteroatoms. The van der Waals surface area contributed by atoms with Crippen molar-refractivity contribution in [2.75, 3.05) is 31.1 Å². The third kappa shape index (κ3) is 1.61. The third-order valence-corrected chi connectivity index (χ3v) is 4.06. The maximum atomic E-state index is 5.43. The summed E-state index contributed by atoms with van der Waals surface area (Å²) in [7, 11) is 0. The van der Waals surface area contributed by atoms with Crippen LogP contribution < -0.4 is 4.90 Å². The van der Waals surface area contributed by atoms with E-state index in [1.54, 1.807) is 12.5 Å². The number of fused-ring (bicyclic) bond motifs is 1. The molecule has 0 spiro atoms. The van der Waals surface area contributed by atoms with Crippen LogP contribution >= 0.6 is 0 Å². The fraction of sp³-hybridized carbons (Fsp3) is 0.750. The summed E-state index contributed by atoms with van der Waals surface area (Å²) < 4.78 is 5.43. The van der Waals surface area contributed by atoms with Gasteiger partial charge < -0.3 is 14.2 Å². The van der Waals surface area contributed by atoms with Crippen LogP contribution in [0.1, 0.15) is 19.8 Å². The predicted octanol–water partition coefficient (Wildman–Crippen LogP) is 1.60. The minimum atomic E-state index is 0.618. The molecule has 0 aromatic carbocycles. The number of hydrogen-bond donors (Lipinski definition) is 0. The summed E-state index contributed by atoms with van der Waals surface area (Å²) in [4.78, 5) is 9.16. The summed E-state index contributed by atoms with van der Waals surface area (Å²) >= 11 is 0. The van der Waals surface area contributed by atoms with Crippen LogP contribution in [-0.4, -0.2) is 42.1 Å². The highest BCUT2D eigenvalue weighted by Gasteiger charge is 2.39. The zero-order chi connectivity index (χ0) is 11.0. The van der Waals surface area contributed by atoms with Crippen LogP contribution in [0.5, 0.6) is 0 Å². The van der Waals surface area contributed by atoms with Crippen molar-refractivity contribution >= 4 is 6.01 Å². The molecular weight excluding hydrogens is 202 g/mol. The highest BCUT2D eigenvalue weighted by atomic mass is 16.4. The van der Waals surface area contributed by atoms with Crippen LogP contribution in [0.3, 0.4) is 0 Å². The van der Waals surface area contributed by atoms with Gasteiger partial charge in [-0.25, -0.2) is 4.98 Å². The van der Waals surface area contributed by atoms with Gasteiger partial charge >= 0.3 is 0 Å². The Bertz CT molecular complexity index is 338. The summed E-state index contributed by atoms with van der Waals surface area (Å²) in [5.74, 6) is 0.842. The Morgan fingerprint density at radius 1 is 1.44 bits per heavy atom. The van der Waals surface area contributed by atoms with Crippen molar-refractivity contribution in [2.24, 2.45) is 5.92 Å². The molecule has 0 bridgehead atoms. The first-order chi connectivity index (χ1) is 7.88. The maximum absolute atomic E-state index is 5.43. The normalized spacial score (nSPS) is 30.7. The number of piperidine rings is 1. The molecule has 16 heavy (non-hydrogen) atoms. The Kier molecular flexibility index (Phi) is 2.59. The van der Waals surface area contributed by atoms with Gasteiger partial charge in [0, 0.05) is 19.1 Å². The first-order valence-electron chi connectivity index (χ1n) is 6.27. The van der Waals surface area contributed by atoms with E-state index in [2.05, 4.69) is 21.7 Å². The average molecular weight is 221 g/mol. The number of anilines is 1.